The van der Waals surface area contributed by atoms with Crippen LogP contribution in [-0.2, 0) is 11.5 Å². The summed E-state index contributed by atoms with van der Waals surface area (Å²) in [5.41, 5.74) is 2.44. The zero-order valence-corrected chi connectivity index (χ0v) is 16.8. The van der Waals surface area contributed by atoms with Gasteiger partial charge in [0.2, 0.25) is 0 Å². The van der Waals surface area contributed by atoms with Crippen molar-refractivity contribution in [2.45, 2.75) is 6.73 Å². The first-order valence-corrected chi connectivity index (χ1v) is 9.91. The van der Waals surface area contributed by atoms with Crippen molar-refractivity contribution in [3.8, 4) is 16.9 Å². The van der Waals surface area contributed by atoms with Crippen LogP contribution in [0.5, 0.6) is 0 Å². The van der Waals surface area contributed by atoms with Crippen molar-refractivity contribution in [1.29, 1.82) is 0 Å². The van der Waals surface area contributed by atoms with E-state index in [1.165, 1.54) is 0 Å². The van der Waals surface area contributed by atoms with Gasteiger partial charge in [0.15, 0.2) is 6.73 Å². The van der Waals surface area contributed by atoms with Crippen LogP contribution in [0, 0.1) is 0 Å². The van der Waals surface area contributed by atoms with Gasteiger partial charge in [-0.25, -0.2) is 9.48 Å². The molecular formula is C24H17N5O3. The Kier molecular flexibility index (Phi) is 5.01. The van der Waals surface area contributed by atoms with E-state index in [1.54, 1.807) is 35.1 Å². The number of hydrogen-bond acceptors (Lipinski definition) is 6. The van der Waals surface area contributed by atoms with Crippen molar-refractivity contribution in [1.82, 2.24) is 24.8 Å². The highest BCUT2D eigenvalue weighted by Crippen LogP contribution is 2.24. The number of ether oxygens (including phenoxy) is 1. The molecule has 0 saturated carbocycles. The highest BCUT2D eigenvalue weighted by Gasteiger charge is 2.20. The molecule has 0 aliphatic rings. The first-order chi connectivity index (χ1) is 15.7. The van der Waals surface area contributed by atoms with Crippen molar-refractivity contribution in [3.05, 3.63) is 107 Å². The van der Waals surface area contributed by atoms with Gasteiger partial charge in [-0.3, -0.25) is 4.79 Å². The Hall–Kier alpha value is -4.59. The van der Waals surface area contributed by atoms with Crippen LogP contribution in [0.1, 0.15) is 10.4 Å². The molecule has 0 bridgehead atoms. The van der Waals surface area contributed by atoms with Crippen molar-refractivity contribution in [3.63, 3.8) is 0 Å². The molecule has 0 amide bonds. The molecule has 0 aliphatic carbocycles. The topological polar surface area (TPSA) is 91.9 Å². The van der Waals surface area contributed by atoms with Gasteiger partial charge in [-0.15, -0.1) is 5.10 Å². The van der Waals surface area contributed by atoms with Crippen LogP contribution in [-0.4, -0.2) is 30.7 Å². The Balaban J connectivity index is 1.47. The van der Waals surface area contributed by atoms with Gasteiger partial charge in [-0.2, -0.15) is 9.78 Å². The Morgan fingerprint density at radius 1 is 0.875 bits per heavy atom. The second-order valence-electron chi connectivity index (χ2n) is 7.01. The van der Waals surface area contributed by atoms with E-state index in [0.29, 0.717) is 16.6 Å². The quantitative estimate of drug-likeness (QED) is 0.402. The van der Waals surface area contributed by atoms with Crippen LogP contribution in [0.4, 0.5) is 0 Å². The van der Waals surface area contributed by atoms with Crippen LogP contribution in [0.2, 0.25) is 0 Å². The van der Waals surface area contributed by atoms with Crippen LogP contribution < -0.4 is 5.56 Å². The highest BCUT2D eigenvalue weighted by molar-refractivity contribution is 5.96. The Morgan fingerprint density at radius 2 is 1.56 bits per heavy atom. The molecule has 8 heteroatoms. The molecule has 32 heavy (non-hydrogen) atoms. The Bertz CT molecular complexity index is 1460. The fourth-order valence-corrected chi connectivity index (χ4v) is 3.35. The summed E-state index contributed by atoms with van der Waals surface area (Å²) in [6, 6.07) is 25.7. The second-order valence-corrected chi connectivity index (χ2v) is 7.01. The van der Waals surface area contributed by atoms with E-state index in [1.807, 2.05) is 60.7 Å². The van der Waals surface area contributed by atoms with Crippen molar-refractivity contribution in [2.24, 2.45) is 0 Å². The number of hydrogen-bond donors (Lipinski definition) is 0. The zero-order chi connectivity index (χ0) is 21.9. The van der Waals surface area contributed by atoms with Gasteiger partial charge in [0.05, 0.1) is 11.1 Å². The summed E-state index contributed by atoms with van der Waals surface area (Å²) < 4.78 is 8.07. The summed E-state index contributed by atoms with van der Waals surface area (Å²) in [6.45, 7) is -0.361. The molecule has 0 saturated heterocycles. The number of benzene rings is 3. The predicted octanol–water partition coefficient (Wildman–Crippen LogP) is 3.46. The summed E-state index contributed by atoms with van der Waals surface area (Å²) in [7, 11) is 0. The largest absolute Gasteiger partial charge is 0.438 e. The fourth-order valence-electron chi connectivity index (χ4n) is 3.35. The molecule has 2 aromatic heterocycles. The van der Waals surface area contributed by atoms with Gasteiger partial charge in [-0.05, 0) is 24.3 Å². The maximum Gasteiger partial charge on any atom is 0.343 e. The predicted molar refractivity (Wildman–Crippen MR) is 118 cm³/mol. The molecule has 5 aromatic rings. The van der Waals surface area contributed by atoms with E-state index in [0.717, 1.165) is 15.9 Å². The molecule has 8 nitrogen and oxygen atoms in total. The summed E-state index contributed by atoms with van der Waals surface area (Å²) in [4.78, 5) is 25.6. The minimum absolute atomic E-state index is 0.279. The van der Waals surface area contributed by atoms with E-state index in [9.17, 15) is 9.59 Å². The number of rotatable bonds is 5. The first-order valence-electron chi connectivity index (χ1n) is 9.91. The average molecular weight is 423 g/mol. The standard InChI is InChI=1S/C24H17N5O3/c30-23-19-13-7-8-14-21(19)25-27-29(23)16-32-24(31)20-15-28(18-11-5-2-6-12-18)26-22(20)17-9-3-1-4-10-17/h1-15H,16H2. The molecule has 156 valence electrons. The smallest absolute Gasteiger partial charge is 0.343 e. The number of nitrogens with zero attached hydrogens (tertiary/aromatic N) is 5. The van der Waals surface area contributed by atoms with E-state index < -0.39 is 5.97 Å². The molecule has 0 N–H and O–H groups in total. The third-order valence-corrected chi connectivity index (χ3v) is 4.95. The summed E-state index contributed by atoms with van der Waals surface area (Å²) in [5, 5.41) is 12.9. The third kappa shape index (κ3) is 3.65. The lowest BCUT2D eigenvalue weighted by Crippen LogP contribution is -2.26. The third-order valence-electron chi connectivity index (χ3n) is 4.95. The minimum Gasteiger partial charge on any atom is -0.438 e. The maximum absolute atomic E-state index is 13.0. The first kappa shape index (κ1) is 19.4. The van der Waals surface area contributed by atoms with Crippen LogP contribution in [0.25, 0.3) is 27.8 Å². The van der Waals surface area contributed by atoms with Crippen LogP contribution in [0.15, 0.2) is 95.9 Å². The van der Waals surface area contributed by atoms with Crippen LogP contribution in [0.3, 0.4) is 0 Å². The monoisotopic (exact) mass is 423 g/mol. The number of para-hydroxylation sites is 1. The molecule has 0 aliphatic heterocycles. The van der Waals surface area contributed by atoms with E-state index in [-0.39, 0.29) is 17.9 Å². The summed E-state index contributed by atoms with van der Waals surface area (Å²) in [6.07, 6.45) is 1.62. The van der Waals surface area contributed by atoms with E-state index in [4.69, 9.17) is 4.74 Å². The van der Waals surface area contributed by atoms with Crippen LogP contribution >= 0.6 is 0 Å². The van der Waals surface area contributed by atoms with E-state index in [2.05, 4.69) is 15.4 Å². The molecule has 3 aromatic carbocycles. The van der Waals surface area contributed by atoms with Gasteiger partial charge in [-0.1, -0.05) is 65.9 Å². The summed E-state index contributed by atoms with van der Waals surface area (Å²) >= 11 is 0. The summed E-state index contributed by atoms with van der Waals surface area (Å²) in [5.74, 6) is -0.618. The lowest BCUT2D eigenvalue weighted by molar-refractivity contribution is 0.0337. The molecule has 5 rings (SSSR count). The molecule has 0 unspecified atom stereocenters. The van der Waals surface area contributed by atoms with Gasteiger partial charge < -0.3 is 4.74 Å². The Morgan fingerprint density at radius 3 is 2.34 bits per heavy atom. The lowest BCUT2D eigenvalue weighted by Gasteiger charge is -2.06. The van der Waals surface area contributed by atoms with E-state index >= 15 is 0 Å². The maximum atomic E-state index is 13.0. The number of carbonyl (C=O) groups excluding carboxylic acids is 1. The Labute approximate surface area is 182 Å². The SMILES string of the molecule is O=C(OCn1nnc2ccccc2c1=O)c1cn(-c2ccccc2)nc1-c1ccccc1. The molecular weight excluding hydrogens is 406 g/mol. The lowest BCUT2D eigenvalue weighted by atomic mass is 10.1. The van der Waals surface area contributed by atoms with Crippen molar-refractivity contribution in [2.75, 3.05) is 0 Å². The van der Waals surface area contributed by atoms with Gasteiger partial charge in [0.1, 0.15) is 16.8 Å². The molecule has 0 atom stereocenters. The normalized spacial score (nSPS) is 10.9. The highest BCUT2D eigenvalue weighted by atomic mass is 16.5. The number of fused-ring (bicyclic) bond motifs is 1. The molecule has 0 radical (unpaired) electrons. The fraction of sp³-hybridized carbons (Fsp3) is 0.0417. The molecule has 0 fully saturated rings. The number of esters is 1. The minimum atomic E-state index is -0.618. The van der Waals surface area contributed by atoms with Gasteiger partial charge in [0, 0.05) is 11.8 Å². The van der Waals surface area contributed by atoms with Crippen molar-refractivity contribution >= 4 is 16.9 Å². The van der Waals surface area contributed by atoms with Crippen molar-refractivity contribution < 1.29 is 9.53 Å². The number of aromatic nitrogens is 5. The molecule has 2 heterocycles. The zero-order valence-electron chi connectivity index (χ0n) is 16.8. The van der Waals surface area contributed by atoms with Gasteiger partial charge >= 0.3 is 5.97 Å². The average Bonchev–Trinajstić information content (AvgIpc) is 3.30. The van der Waals surface area contributed by atoms with Gasteiger partial charge in [0.25, 0.3) is 5.56 Å². The number of carbonyl (C=O) groups is 1. The molecule has 0 spiro atoms. The second kappa shape index (κ2) is 8.27.